The van der Waals surface area contributed by atoms with Crippen molar-refractivity contribution in [3.8, 4) is 0 Å². The second-order valence-electron chi connectivity index (χ2n) is 6.95. The predicted molar refractivity (Wildman–Crippen MR) is 116 cm³/mol. The fourth-order valence-electron chi connectivity index (χ4n) is 2.78. The molecule has 32 heavy (non-hydrogen) atoms. The van der Waals surface area contributed by atoms with Gasteiger partial charge in [0.1, 0.15) is 26.2 Å². The maximum atomic E-state index is 11.9. The number of hydroxylamine groups is 2. The summed E-state index contributed by atoms with van der Waals surface area (Å²) in [6, 6.07) is 5.66. The van der Waals surface area contributed by atoms with Crippen LogP contribution in [0.15, 0.2) is 29.4 Å². The van der Waals surface area contributed by atoms with Gasteiger partial charge in [-0.25, -0.2) is 18.2 Å². The molecule has 176 valence electrons. The number of ketones is 1. The van der Waals surface area contributed by atoms with E-state index in [-0.39, 0.29) is 17.3 Å². The van der Waals surface area contributed by atoms with Crippen molar-refractivity contribution in [3.63, 3.8) is 0 Å². The predicted octanol–water partition coefficient (Wildman–Crippen LogP) is 2.25. The van der Waals surface area contributed by atoms with Crippen LogP contribution in [0.25, 0.3) is 0 Å². The van der Waals surface area contributed by atoms with Crippen molar-refractivity contribution in [3.05, 3.63) is 24.4 Å². The lowest BCUT2D eigenvalue weighted by Gasteiger charge is -2.15. The zero-order chi connectivity index (χ0) is 23.6. The molecule has 0 saturated carbocycles. The zero-order valence-electron chi connectivity index (χ0n) is 17.1. The van der Waals surface area contributed by atoms with Gasteiger partial charge in [-0.2, -0.15) is 0 Å². The molecule has 0 N–H and O–H groups in total. The Balaban J connectivity index is 1.51. The van der Waals surface area contributed by atoms with E-state index in [2.05, 4.69) is 9.82 Å². The first-order valence-electron chi connectivity index (χ1n) is 9.93. The smallest absolute Gasteiger partial charge is 0.333 e. The lowest BCUT2D eigenvalue weighted by Crippen LogP contribution is -2.36. The molecule has 1 atom stereocenters. The molecule has 1 fully saturated rings. The minimum absolute atomic E-state index is 0.0608. The minimum Gasteiger partial charge on any atom is -0.747 e. The van der Waals surface area contributed by atoms with Crippen LogP contribution in [0.5, 0.6) is 0 Å². The highest BCUT2D eigenvalue weighted by atomic mass is 33.1. The lowest BCUT2D eigenvalue weighted by molar-refractivity contribution is -0.197. The highest BCUT2D eigenvalue weighted by Gasteiger charge is 2.45. The van der Waals surface area contributed by atoms with Crippen LogP contribution < -0.4 is 0 Å². The van der Waals surface area contributed by atoms with Gasteiger partial charge in [-0.05, 0) is 35.8 Å². The quantitative estimate of drug-likeness (QED) is 0.159. The van der Waals surface area contributed by atoms with Crippen LogP contribution >= 0.6 is 21.6 Å². The molecular weight excluding hydrogens is 480 g/mol. The molecule has 0 bridgehead atoms. The molecule has 1 unspecified atom stereocenters. The van der Waals surface area contributed by atoms with Gasteiger partial charge >= 0.3 is 5.97 Å². The molecule has 2 rings (SSSR count). The fourth-order valence-corrected chi connectivity index (χ4v) is 5.38. The highest BCUT2D eigenvalue weighted by Crippen LogP contribution is 2.29. The number of pyridine rings is 1. The maximum absolute atomic E-state index is 11.9. The molecule has 0 spiro atoms. The van der Waals surface area contributed by atoms with Crippen LogP contribution in [0, 0.1) is 0 Å². The van der Waals surface area contributed by atoms with Crippen LogP contribution in [0.4, 0.5) is 0 Å². The standard InChI is InChI=1S/C19H24N2O8S3/c22-14(10-12-30-31-16-8-5-6-11-20-16)7-3-1-2-4-9-18(24)29-21-17(23)13-15(19(21)25)32(26,27)28/h5-6,8,11,15H,1-4,7,9-10,12-13H2,(H,26,27,28)/p-1. The number of Topliss-reactive ketones (excluding diaryl/α,β-unsaturated/α-hetero) is 1. The molecule has 0 aliphatic carbocycles. The molecule has 1 aliphatic heterocycles. The lowest BCUT2D eigenvalue weighted by atomic mass is 10.1. The molecule has 1 aliphatic rings. The highest BCUT2D eigenvalue weighted by molar-refractivity contribution is 8.76. The summed E-state index contributed by atoms with van der Waals surface area (Å²) in [4.78, 5) is 55.9. The number of aromatic nitrogens is 1. The van der Waals surface area contributed by atoms with Gasteiger partial charge in [0.15, 0.2) is 0 Å². The van der Waals surface area contributed by atoms with Crippen molar-refractivity contribution >= 4 is 55.3 Å². The Kier molecular flexibility index (Phi) is 10.6. The minimum atomic E-state index is -4.99. The Bertz CT molecular complexity index is 924. The molecule has 2 heterocycles. The Morgan fingerprint density at radius 2 is 1.84 bits per heavy atom. The summed E-state index contributed by atoms with van der Waals surface area (Å²) in [5.74, 6) is -2.37. The summed E-state index contributed by atoms with van der Waals surface area (Å²) >= 11 is 0. The molecule has 1 aromatic rings. The van der Waals surface area contributed by atoms with Crippen LogP contribution in [-0.4, -0.2) is 57.6 Å². The van der Waals surface area contributed by atoms with Crippen LogP contribution in [0.1, 0.15) is 51.4 Å². The van der Waals surface area contributed by atoms with E-state index in [1.807, 2.05) is 18.2 Å². The molecule has 1 saturated heterocycles. The van der Waals surface area contributed by atoms with E-state index in [4.69, 9.17) is 0 Å². The van der Waals surface area contributed by atoms with Gasteiger partial charge in [-0.1, -0.05) is 29.7 Å². The third-order valence-corrected chi connectivity index (χ3v) is 7.77. The molecular formula is C19H23N2O8S3-. The van der Waals surface area contributed by atoms with Crippen molar-refractivity contribution in [1.29, 1.82) is 0 Å². The molecule has 13 heteroatoms. The van der Waals surface area contributed by atoms with Gasteiger partial charge in [0.2, 0.25) is 0 Å². The van der Waals surface area contributed by atoms with E-state index in [0.29, 0.717) is 37.9 Å². The van der Waals surface area contributed by atoms with Gasteiger partial charge < -0.3 is 9.39 Å². The number of hydrogen-bond donors (Lipinski definition) is 0. The van der Waals surface area contributed by atoms with Gasteiger partial charge in [0, 0.05) is 31.2 Å². The van der Waals surface area contributed by atoms with E-state index >= 15 is 0 Å². The van der Waals surface area contributed by atoms with Crippen molar-refractivity contribution < 1.29 is 37.0 Å². The Hall–Kier alpha value is -1.96. The first kappa shape index (κ1) is 26.3. The van der Waals surface area contributed by atoms with Gasteiger partial charge in [0.25, 0.3) is 11.8 Å². The molecule has 0 radical (unpaired) electrons. The number of unbranched alkanes of at least 4 members (excludes halogenated alkanes) is 3. The molecule has 2 amide bonds. The zero-order valence-corrected chi connectivity index (χ0v) is 19.6. The number of carbonyl (C=O) groups is 4. The first-order valence-corrected chi connectivity index (χ1v) is 13.7. The Morgan fingerprint density at radius 1 is 1.12 bits per heavy atom. The van der Waals surface area contributed by atoms with Crippen molar-refractivity contribution in [1.82, 2.24) is 10.0 Å². The average molecular weight is 504 g/mol. The van der Waals surface area contributed by atoms with Crippen molar-refractivity contribution in [2.24, 2.45) is 0 Å². The number of nitrogens with zero attached hydrogens (tertiary/aromatic N) is 2. The third kappa shape index (κ3) is 8.88. The van der Waals surface area contributed by atoms with Crippen LogP contribution in [0.2, 0.25) is 0 Å². The van der Waals surface area contributed by atoms with E-state index in [9.17, 15) is 32.1 Å². The van der Waals surface area contributed by atoms with E-state index in [1.54, 1.807) is 17.0 Å². The summed E-state index contributed by atoms with van der Waals surface area (Å²) in [5.41, 5.74) is 0. The topological polar surface area (TPSA) is 151 Å². The van der Waals surface area contributed by atoms with E-state index in [1.165, 1.54) is 10.8 Å². The summed E-state index contributed by atoms with van der Waals surface area (Å²) in [5, 5.41) is -1.09. The Labute approximate surface area is 194 Å². The molecule has 0 aromatic carbocycles. The van der Waals surface area contributed by atoms with Crippen molar-refractivity contribution in [2.45, 2.75) is 61.6 Å². The number of hydrogen-bond acceptors (Lipinski definition) is 11. The van der Waals surface area contributed by atoms with Crippen LogP contribution in [-0.2, 0) is 34.1 Å². The normalized spacial score (nSPS) is 16.4. The number of rotatable bonds is 14. The molecule has 10 nitrogen and oxygen atoms in total. The largest absolute Gasteiger partial charge is 0.747 e. The maximum Gasteiger partial charge on any atom is 0.333 e. The molecule has 1 aromatic heterocycles. The number of carbonyl (C=O) groups excluding carboxylic acids is 4. The summed E-state index contributed by atoms with van der Waals surface area (Å²) < 4.78 is 32.8. The SMILES string of the molecule is O=C(CCCCCCC(=O)ON1C(=O)CC(S(=O)(=O)[O-])C1=O)CCSSc1ccccn1. The number of imide groups is 1. The number of amides is 2. The monoisotopic (exact) mass is 503 g/mol. The summed E-state index contributed by atoms with van der Waals surface area (Å²) in [7, 11) is -1.88. The van der Waals surface area contributed by atoms with Gasteiger partial charge in [0.05, 0.1) is 6.42 Å². The third-order valence-electron chi connectivity index (χ3n) is 4.44. The van der Waals surface area contributed by atoms with Gasteiger partial charge in [-0.15, -0.1) is 5.06 Å². The first-order chi connectivity index (χ1) is 15.2. The van der Waals surface area contributed by atoms with E-state index < -0.39 is 39.6 Å². The average Bonchev–Trinajstić information content (AvgIpc) is 3.03. The van der Waals surface area contributed by atoms with Crippen LogP contribution in [0.3, 0.4) is 0 Å². The summed E-state index contributed by atoms with van der Waals surface area (Å²) in [6.45, 7) is 0. The second kappa shape index (κ2) is 12.9. The van der Waals surface area contributed by atoms with Crippen molar-refractivity contribution in [2.75, 3.05) is 5.75 Å². The summed E-state index contributed by atoms with van der Waals surface area (Å²) in [6.07, 6.45) is 4.24. The van der Waals surface area contributed by atoms with E-state index in [0.717, 1.165) is 11.4 Å². The van der Waals surface area contributed by atoms with Gasteiger partial charge in [-0.3, -0.25) is 14.4 Å². The second-order valence-corrected chi connectivity index (χ2v) is 10.9. The Morgan fingerprint density at radius 3 is 2.47 bits per heavy atom. The fraction of sp³-hybridized carbons (Fsp3) is 0.526.